The highest BCUT2D eigenvalue weighted by Crippen LogP contribution is 2.10. The third kappa shape index (κ3) is 2.75. The van der Waals surface area contributed by atoms with Crippen LogP contribution in [0.3, 0.4) is 0 Å². The van der Waals surface area contributed by atoms with Crippen LogP contribution >= 0.6 is 11.6 Å². The number of ketones is 1. The summed E-state index contributed by atoms with van der Waals surface area (Å²) in [5.74, 6) is 2.73. The summed E-state index contributed by atoms with van der Waals surface area (Å²) in [6.45, 7) is 0. The Bertz CT molecular complexity index is 574. The van der Waals surface area contributed by atoms with Crippen molar-refractivity contribution in [2.24, 2.45) is 0 Å². The molecule has 2 aromatic carbocycles. The Morgan fingerprint density at radius 3 is 2.06 bits per heavy atom. The van der Waals surface area contributed by atoms with Crippen LogP contribution in [0, 0.1) is 11.3 Å². The molecule has 0 fully saturated rings. The Balaban J connectivity index is 2.28. The zero-order valence-corrected chi connectivity index (χ0v) is 9.74. The molecule has 0 aromatic heterocycles. The van der Waals surface area contributed by atoms with Crippen molar-refractivity contribution in [2.45, 2.75) is 0 Å². The predicted molar refractivity (Wildman–Crippen MR) is 69.0 cm³/mol. The summed E-state index contributed by atoms with van der Waals surface area (Å²) in [5, 5.41) is 2.30. The number of carbonyl (C=O) groups excluding carboxylic acids is 1. The average molecular weight is 241 g/mol. The maximum absolute atomic E-state index is 12.1. The quantitative estimate of drug-likeness (QED) is 0.580. The van der Waals surface area contributed by atoms with Gasteiger partial charge >= 0.3 is 0 Å². The Hall–Kier alpha value is -2.04. The van der Waals surface area contributed by atoms with Gasteiger partial charge in [0.25, 0.3) is 0 Å². The first kappa shape index (κ1) is 11.4. The zero-order chi connectivity index (χ0) is 12.1. The van der Waals surface area contributed by atoms with E-state index in [2.05, 4.69) is 11.3 Å². The molecule has 0 bridgehead atoms. The van der Waals surface area contributed by atoms with Crippen LogP contribution in [0.5, 0.6) is 0 Å². The number of rotatable bonds is 2. The Morgan fingerprint density at radius 1 is 0.882 bits per heavy atom. The lowest BCUT2D eigenvalue weighted by Gasteiger charge is -2.00. The minimum absolute atomic E-state index is 0.0102. The van der Waals surface area contributed by atoms with E-state index >= 15 is 0 Å². The molecule has 0 aliphatic carbocycles. The van der Waals surface area contributed by atoms with E-state index in [-0.39, 0.29) is 5.78 Å². The summed E-state index contributed by atoms with van der Waals surface area (Å²) >= 11 is 5.31. The average Bonchev–Trinajstić information content (AvgIpc) is 2.40. The molecule has 0 saturated heterocycles. The topological polar surface area (TPSA) is 17.1 Å². The van der Waals surface area contributed by atoms with Gasteiger partial charge in [0.05, 0.1) is 0 Å². The SMILES string of the molecule is O=C(c1ccccc1)c1ccc(C#CCl)cc1. The first-order valence-electron chi connectivity index (χ1n) is 5.13. The van der Waals surface area contributed by atoms with Gasteiger partial charge in [0.2, 0.25) is 0 Å². The van der Waals surface area contributed by atoms with Crippen LogP contribution in [0.1, 0.15) is 21.5 Å². The smallest absolute Gasteiger partial charge is 0.193 e. The highest BCUT2D eigenvalue weighted by atomic mass is 35.5. The highest BCUT2D eigenvalue weighted by Gasteiger charge is 2.07. The maximum atomic E-state index is 12.1. The van der Waals surface area contributed by atoms with E-state index in [0.29, 0.717) is 11.1 Å². The van der Waals surface area contributed by atoms with Crippen molar-refractivity contribution in [3.05, 3.63) is 71.3 Å². The van der Waals surface area contributed by atoms with Gasteiger partial charge in [-0.1, -0.05) is 30.3 Å². The van der Waals surface area contributed by atoms with Crippen molar-refractivity contribution in [1.82, 2.24) is 0 Å². The summed E-state index contributed by atoms with van der Waals surface area (Å²) in [6.07, 6.45) is 0. The molecule has 2 rings (SSSR count). The fourth-order valence-corrected chi connectivity index (χ4v) is 1.62. The van der Waals surface area contributed by atoms with Gasteiger partial charge in [-0.2, -0.15) is 0 Å². The van der Waals surface area contributed by atoms with Crippen molar-refractivity contribution < 1.29 is 4.79 Å². The van der Waals surface area contributed by atoms with Crippen LogP contribution in [-0.4, -0.2) is 5.78 Å². The third-order valence-electron chi connectivity index (χ3n) is 2.37. The molecule has 0 saturated carbocycles. The summed E-state index contributed by atoms with van der Waals surface area (Å²) in [4.78, 5) is 12.1. The van der Waals surface area contributed by atoms with E-state index in [1.54, 1.807) is 36.4 Å². The lowest BCUT2D eigenvalue weighted by Crippen LogP contribution is -2.00. The number of hydrogen-bond acceptors (Lipinski definition) is 1. The van der Waals surface area contributed by atoms with E-state index in [1.165, 1.54) is 0 Å². The third-order valence-corrected chi connectivity index (χ3v) is 2.47. The fraction of sp³-hybridized carbons (Fsp3) is 0. The number of benzene rings is 2. The van der Waals surface area contributed by atoms with Gasteiger partial charge < -0.3 is 0 Å². The fourth-order valence-electron chi connectivity index (χ4n) is 1.52. The molecule has 0 atom stereocenters. The highest BCUT2D eigenvalue weighted by molar-refractivity contribution is 6.30. The molecule has 2 heteroatoms. The van der Waals surface area contributed by atoms with E-state index in [9.17, 15) is 4.79 Å². The Labute approximate surface area is 105 Å². The summed E-state index contributed by atoms with van der Waals surface area (Å²) < 4.78 is 0. The Kier molecular flexibility index (Phi) is 3.59. The molecular formula is C15H9ClO. The summed E-state index contributed by atoms with van der Waals surface area (Å²) in [7, 11) is 0. The standard InChI is InChI=1S/C15H9ClO/c16-11-10-12-6-8-14(9-7-12)15(17)13-4-2-1-3-5-13/h1-9H. The summed E-state index contributed by atoms with van der Waals surface area (Å²) in [5.41, 5.74) is 2.13. The molecule has 2 aromatic rings. The van der Waals surface area contributed by atoms with Gasteiger partial charge in [-0.05, 0) is 41.8 Å². The molecule has 17 heavy (non-hydrogen) atoms. The molecule has 0 heterocycles. The normalized spacial score (nSPS) is 9.24. The molecule has 82 valence electrons. The van der Waals surface area contributed by atoms with Gasteiger partial charge in [-0.15, -0.1) is 0 Å². The van der Waals surface area contributed by atoms with Gasteiger partial charge in [-0.3, -0.25) is 4.79 Å². The van der Waals surface area contributed by atoms with Crippen molar-refractivity contribution in [3.8, 4) is 11.3 Å². The van der Waals surface area contributed by atoms with Crippen LogP contribution in [0.2, 0.25) is 0 Å². The van der Waals surface area contributed by atoms with Crippen molar-refractivity contribution >= 4 is 17.4 Å². The van der Waals surface area contributed by atoms with Crippen LogP contribution in [0.25, 0.3) is 0 Å². The number of carbonyl (C=O) groups is 1. The second kappa shape index (κ2) is 5.34. The second-order valence-electron chi connectivity index (χ2n) is 3.49. The Morgan fingerprint density at radius 2 is 1.47 bits per heavy atom. The van der Waals surface area contributed by atoms with Gasteiger partial charge in [0, 0.05) is 22.1 Å². The second-order valence-corrected chi connectivity index (χ2v) is 3.68. The molecule has 0 aliphatic heterocycles. The van der Waals surface area contributed by atoms with Gasteiger partial charge in [0.1, 0.15) is 0 Å². The molecule has 0 aliphatic rings. The number of halogens is 1. The lowest BCUT2D eigenvalue weighted by atomic mass is 10.0. The molecule has 0 radical (unpaired) electrons. The first-order chi connectivity index (χ1) is 8.31. The summed E-state index contributed by atoms with van der Waals surface area (Å²) in [6, 6.07) is 16.3. The van der Waals surface area contributed by atoms with E-state index in [0.717, 1.165) is 5.56 Å². The molecule has 0 amide bonds. The molecule has 0 N–H and O–H groups in total. The first-order valence-corrected chi connectivity index (χ1v) is 5.50. The number of hydrogen-bond donors (Lipinski definition) is 0. The molecule has 0 spiro atoms. The van der Waals surface area contributed by atoms with Crippen LogP contribution in [0.4, 0.5) is 0 Å². The van der Waals surface area contributed by atoms with Crippen molar-refractivity contribution in [1.29, 1.82) is 0 Å². The maximum Gasteiger partial charge on any atom is 0.193 e. The minimum atomic E-state index is 0.0102. The predicted octanol–water partition coefficient (Wildman–Crippen LogP) is 3.47. The van der Waals surface area contributed by atoms with E-state index < -0.39 is 0 Å². The monoisotopic (exact) mass is 240 g/mol. The molecular weight excluding hydrogens is 232 g/mol. The van der Waals surface area contributed by atoms with E-state index in [4.69, 9.17) is 11.6 Å². The minimum Gasteiger partial charge on any atom is -0.289 e. The van der Waals surface area contributed by atoms with Crippen molar-refractivity contribution in [2.75, 3.05) is 0 Å². The largest absolute Gasteiger partial charge is 0.289 e. The van der Waals surface area contributed by atoms with Crippen LogP contribution < -0.4 is 0 Å². The zero-order valence-electron chi connectivity index (χ0n) is 8.98. The van der Waals surface area contributed by atoms with Gasteiger partial charge in [-0.25, -0.2) is 0 Å². The van der Waals surface area contributed by atoms with Crippen molar-refractivity contribution in [3.63, 3.8) is 0 Å². The molecule has 0 unspecified atom stereocenters. The van der Waals surface area contributed by atoms with Crippen LogP contribution in [0.15, 0.2) is 54.6 Å². The molecule has 1 nitrogen and oxygen atoms in total. The van der Waals surface area contributed by atoms with Gasteiger partial charge in [0.15, 0.2) is 5.78 Å². The lowest BCUT2D eigenvalue weighted by molar-refractivity contribution is 0.103. The van der Waals surface area contributed by atoms with E-state index in [1.807, 2.05) is 18.2 Å². The van der Waals surface area contributed by atoms with Crippen LogP contribution in [-0.2, 0) is 0 Å².